The molecule has 4 heteroatoms. The summed E-state index contributed by atoms with van der Waals surface area (Å²) in [6.07, 6.45) is 3.88. The van der Waals surface area contributed by atoms with Crippen molar-refractivity contribution in [1.82, 2.24) is 14.9 Å². The maximum atomic E-state index is 4.82. The fraction of sp³-hybridized carbons (Fsp3) is 0.321. The van der Waals surface area contributed by atoms with Gasteiger partial charge in [-0.1, -0.05) is 37.3 Å². The molecule has 32 heavy (non-hydrogen) atoms. The van der Waals surface area contributed by atoms with Crippen molar-refractivity contribution in [2.75, 3.05) is 18.4 Å². The number of aromatic nitrogens is 2. The first-order valence-corrected chi connectivity index (χ1v) is 11.7. The smallest absolute Gasteiger partial charge is 0.138 e. The van der Waals surface area contributed by atoms with Gasteiger partial charge in [-0.2, -0.15) is 0 Å². The van der Waals surface area contributed by atoms with E-state index < -0.39 is 0 Å². The van der Waals surface area contributed by atoms with E-state index in [1.807, 2.05) is 12.1 Å². The molecule has 0 saturated heterocycles. The second-order valence-corrected chi connectivity index (χ2v) is 9.97. The highest BCUT2D eigenvalue weighted by Crippen LogP contribution is 2.46. The molecule has 0 atom stereocenters. The van der Waals surface area contributed by atoms with Gasteiger partial charge in [0.1, 0.15) is 5.82 Å². The highest BCUT2D eigenvalue weighted by Gasteiger charge is 2.39. The van der Waals surface area contributed by atoms with E-state index in [4.69, 9.17) is 4.98 Å². The molecule has 0 bridgehead atoms. The third-order valence-corrected chi connectivity index (χ3v) is 7.21. The third kappa shape index (κ3) is 3.69. The van der Waals surface area contributed by atoms with E-state index in [0.717, 1.165) is 47.6 Å². The van der Waals surface area contributed by atoms with Gasteiger partial charge in [0.25, 0.3) is 0 Å². The number of aryl methyl sites for hydroxylation is 1. The van der Waals surface area contributed by atoms with Crippen molar-refractivity contribution in [2.24, 2.45) is 5.41 Å². The van der Waals surface area contributed by atoms with Crippen LogP contribution in [0, 0.1) is 12.3 Å². The lowest BCUT2D eigenvalue weighted by atomic mass is 9.96. The van der Waals surface area contributed by atoms with Crippen LogP contribution in [0.3, 0.4) is 0 Å². The monoisotopic (exact) mass is 422 g/mol. The lowest BCUT2D eigenvalue weighted by Gasteiger charge is -2.32. The largest absolute Gasteiger partial charge is 0.355 e. The predicted octanol–water partition coefficient (Wildman–Crippen LogP) is 6.44. The highest BCUT2D eigenvalue weighted by molar-refractivity contribution is 5.81. The minimum Gasteiger partial charge on any atom is -0.355 e. The van der Waals surface area contributed by atoms with Crippen molar-refractivity contribution in [3.05, 3.63) is 77.4 Å². The predicted molar refractivity (Wildman–Crippen MR) is 132 cm³/mol. The maximum absolute atomic E-state index is 4.82. The molecule has 1 aliphatic heterocycles. The van der Waals surface area contributed by atoms with Crippen LogP contribution in [0.5, 0.6) is 0 Å². The molecular weight excluding hydrogens is 392 g/mol. The SMILES string of the molecule is Cc1ccc(Nc2cccc3c2CCN(CC2(C)CC2)C3)cc1-c1nc2ccccc2[nH]1. The van der Waals surface area contributed by atoms with Gasteiger partial charge in [0.2, 0.25) is 0 Å². The topological polar surface area (TPSA) is 44.0 Å². The van der Waals surface area contributed by atoms with Crippen molar-refractivity contribution >= 4 is 22.4 Å². The Morgan fingerprint density at radius 1 is 1.06 bits per heavy atom. The molecule has 1 aliphatic carbocycles. The molecule has 2 heterocycles. The number of rotatable bonds is 5. The number of aromatic amines is 1. The van der Waals surface area contributed by atoms with Crippen molar-refractivity contribution in [1.29, 1.82) is 0 Å². The number of anilines is 2. The number of nitrogens with zero attached hydrogens (tertiary/aromatic N) is 2. The highest BCUT2D eigenvalue weighted by atomic mass is 15.1. The Morgan fingerprint density at radius 3 is 2.78 bits per heavy atom. The van der Waals surface area contributed by atoms with Gasteiger partial charge in [0.15, 0.2) is 0 Å². The quantitative estimate of drug-likeness (QED) is 0.389. The Labute approximate surface area is 189 Å². The third-order valence-electron chi connectivity index (χ3n) is 7.21. The molecule has 1 aromatic heterocycles. The molecule has 4 aromatic rings. The van der Waals surface area contributed by atoms with Crippen LogP contribution >= 0.6 is 0 Å². The number of para-hydroxylation sites is 2. The van der Waals surface area contributed by atoms with Crippen molar-refractivity contribution < 1.29 is 0 Å². The second kappa shape index (κ2) is 7.49. The lowest BCUT2D eigenvalue weighted by Crippen LogP contribution is -2.34. The average molecular weight is 423 g/mol. The number of nitrogens with one attached hydrogen (secondary N) is 2. The number of imidazole rings is 1. The molecule has 1 fully saturated rings. The number of hydrogen-bond donors (Lipinski definition) is 2. The van der Waals surface area contributed by atoms with Crippen LogP contribution in [0.15, 0.2) is 60.7 Å². The molecule has 2 N–H and O–H groups in total. The van der Waals surface area contributed by atoms with Gasteiger partial charge in [0, 0.05) is 36.6 Å². The summed E-state index contributed by atoms with van der Waals surface area (Å²) in [7, 11) is 0. The van der Waals surface area contributed by atoms with Crippen LogP contribution < -0.4 is 5.32 Å². The van der Waals surface area contributed by atoms with Crippen LogP contribution in [-0.2, 0) is 13.0 Å². The van der Waals surface area contributed by atoms with Crippen LogP contribution in [0.4, 0.5) is 11.4 Å². The number of benzene rings is 3. The first-order valence-electron chi connectivity index (χ1n) is 11.7. The van der Waals surface area contributed by atoms with Crippen LogP contribution in [0.1, 0.15) is 36.5 Å². The number of hydrogen-bond acceptors (Lipinski definition) is 3. The van der Waals surface area contributed by atoms with Gasteiger partial charge in [-0.15, -0.1) is 0 Å². The minimum atomic E-state index is 0.572. The maximum Gasteiger partial charge on any atom is 0.138 e. The van der Waals surface area contributed by atoms with E-state index in [1.165, 1.54) is 41.8 Å². The van der Waals surface area contributed by atoms with Gasteiger partial charge in [-0.3, -0.25) is 4.90 Å². The summed E-state index contributed by atoms with van der Waals surface area (Å²) >= 11 is 0. The van der Waals surface area contributed by atoms with Gasteiger partial charge < -0.3 is 10.3 Å². The van der Waals surface area contributed by atoms with E-state index >= 15 is 0 Å². The number of H-pyrrole nitrogens is 1. The molecule has 4 nitrogen and oxygen atoms in total. The van der Waals surface area contributed by atoms with Gasteiger partial charge >= 0.3 is 0 Å². The molecule has 1 saturated carbocycles. The van der Waals surface area contributed by atoms with Crippen LogP contribution in [0.25, 0.3) is 22.4 Å². The zero-order valence-corrected chi connectivity index (χ0v) is 18.9. The fourth-order valence-electron chi connectivity index (χ4n) is 5.02. The van der Waals surface area contributed by atoms with Crippen molar-refractivity contribution in [2.45, 2.75) is 39.7 Å². The molecule has 162 valence electrons. The van der Waals surface area contributed by atoms with E-state index in [2.05, 4.69) is 77.6 Å². The Balaban J connectivity index is 1.27. The molecule has 0 spiro atoms. The average Bonchev–Trinajstić information content (AvgIpc) is 3.36. The summed E-state index contributed by atoms with van der Waals surface area (Å²) in [5.74, 6) is 0.923. The zero-order chi connectivity index (χ0) is 21.7. The molecule has 3 aromatic carbocycles. The van der Waals surface area contributed by atoms with E-state index in [9.17, 15) is 0 Å². The fourth-order valence-corrected chi connectivity index (χ4v) is 5.02. The van der Waals surface area contributed by atoms with Crippen molar-refractivity contribution in [3.8, 4) is 11.4 Å². The Bertz CT molecular complexity index is 1270. The first kappa shape index (κ1) is 19.6. The van der Waals surface area contributed by atoms with Gasteiger partial charge in [-0.25, -0.2) is 4.98 Å². The van der Waals surface area contributed by atoms with Gasteiger partial charge in [-0.05, 0) is 78.6 Å². The van der Waals surface area contributed by atoms with Gasteiger partial charge in [0.05, 0.1) is 11.0 Å². The summed E-state index contributed by atoms with van der Waals surface area (Å²) < 4.78 is 0. The molecule has 2 aliphatic rings. The minimum absolute atomic E-state index is 0.572. The molecular formula is C28H30N4. The molecule has 0 unspecified atom stereocenters. The van der Waals surface area contributed by atoms with Crippen LogP contribution in [0.2, 0.25) is 0 Å². The van der Waals surface area contributed by atoms with E-state index in [1.54, 1.807) is 0 Å². The zero-order valence-electron chi connectivity index (χ0n) is 18.9. The normalized spacial score (nSPS) is 17.3. The first-order chi connectivity index (χ1) is 15.6. The molecule has 6 rings (SSSR count). The summed E-state index contributed by atoms with van der Waals surface area (Å²) in [5, 5.41) is 3.72. The van der Waals surface area contributed by atoms with E-state index in [-0.39, 0.29) is 0 Å². The van der Waals surface area contributed by atoms with E-state index in [0.29, 0.717) is 5.41 Å². The Morgan fingerprint density at radius 2 is 1.94 bits per heavy atom. The standard InChI is InChI=1S/C28H30N4/c1-19-10-11-21(16-23(19)27-30-25-7-3-4-8-26(25)31-27)29-24-9-5-6-20-17-32(15-12-22(20)24)18-28(2)13-14-28/h3-11,16,29H,12-15,17-18H2,1-2H3,(H,30,31). The summed E-state index contributed by atoms with van der Waals surface area (Å²) in [4.78, 5) is 10.9. The second-order valence-electron chi connectivity index (χ2n) is 9.97. The molecule has 0 amide bonds. The van der Waals surface area contributed by atoms with Crippen molar-refractivity contribution in [3.63, 3.8) is 0 Å². The summed E-state index contributed by atoms with van der Waals surface area (Å²) in [6, 6.07) is 21.5. The Hall–Kier alpha value is -3.11. The summed E-state index contributed by atoms with van der Waals surface area (Å²) in [5.41, 5.74) is 10.3. The molecule has 0 radical (unpaired) electrons. The Kier molecular flexibility index (Phi) is 4.58. The summed E-state index contributed by atoms with van der Waals surface area (Å²) in [6.45, 7) is 8.03. The lowest BCUT2D eigenvalue weighted by molar-refractivity contribution is 0.211. The van der Waals surface area contributed by atoms with Crippen LogP contribution in [-0.4, -0.2) is 28.0 Å². The number of fused-ring (bicyclic) bond motifs is 2.